The maximum atomic E-state index is 11.8. The van der Waals surface area contributed by atoms with Gasteiger partial charge < -0.3 is 4.74 Å². The van der Waals surface area contributed by atoms with Crippen molar-refractivity contribution in [3.63, 3.8) is 0 Å². The Bertz CT molecular complexity index is 457. The van der Waals surface area contributed by atoms with Gasteiger partial charge in [-0.25, -0.2) is 0 Å². The molecule has 1 aromatic carbocycles. The number of ether oxygens (including phenoxy) is 1. The summed E-state index contributed by atoms with van der Waals surface area (Å²) >= 11 is 0. The number of hydrogen-bond donors (Lipinski definition) is 0. The fourth-order valence-electron chi connectivity index (χ4n) is 2.61. The minimum atomic E-state index is -0.235. The van der Waals surface area contributed by atoms with Crippen LogP contribution in [0.2, 0.25) is 0 Å². The molecule has 3 atom stereocenters. The highest BCUT2D eigenvalue weighted by molar-refractivity contribution is 5.78. The quantitative estimate of drug-likeness (QED) is 0.745. The highest BCUT2D eigenvalue weighted by atomic mass is 16.7. The van der Waals surface area contributed by atoms with Gasteiger partial charge in [0.05, 0.1) is 13.2 Å². The van der Waals surface area contributed by atoms with Crippen molar-refractivity contribution in [1.82, 2.24) is 5.06 Å². The van der Waals surface area contributed by atoms with Crippen LogP contribution in [0.5, 0.6) is 0 Å². The molecule has 2 heterocycles. The van der Waals surface area contributed by atoms with E-state index in [-0.39, 0.29) is 24.0 Å². The van der Waals surface area contributed by atoms with Crippen molar-refractivity contribution in [2.24, 2.45) is 5.92 Å². The van der Waals surface area contributed by atoms with Gasteiger partial charge in [0.2, 0.25) is 0 Å². The molecule has 0 saturated carbocycles. The number of carbonyl (C=O) groups is 1. The largest absolute Gasteiger partial charge is 0.461 e. The van der Waals surface area contributed by atoms with Crippen LogP contribution in [0.4, 0.5) is 0 Å². The second kappa shape index (κ2) is 4.37. The Morgan fingerprint density at radius 2 is 2.06 bits per heavy atom. The van der Waals surface area contributed by atoms with Crippen molar-refractivity contribution >= 4 is 5.97 Å². The number of esters is 1. The lowest BCUT2D eigenvalue weighted by molar-refractivity contribution is -0.173. The molecule has 2 aliphatic rings. The number of aryl methyl sites for hydroxylation is 1. The zero-order valence-electron chi connectivity index (χ0n) is 10.6. The number of fused-ring (bicyclic) bond motifs is 1. The van der Waals surface area contributed by atoms with Crippen molar-refractivity contribution < 1.29 is 14.4 Å². The second-order valence-corrected chi connectivity index (χ2v) is 5.11. The summed E-state index contributed by atoms with van der Waals surface area (Å²) in [6.45, 7) is 5.19. The summed E-state index contributed by atoms with van der Waals surface area (Å²) < 4.78 is 5.25. The molecule has 4 nitrogen and oxygen atoms in total. The van der Waals surface area contributed by atoms with Crippen LogP contribution < -0.4 is 0 Å². The van der Waals surface area contributed by atoms with E-state index < -0.39 is 0 Å². The fourth-order valence-corrected chi connectivity index (χ4v) is 2.61. The molecule has 2 fully saturated rings. The number of hydroxylamine groups is 2. The Hall–Kier alpha value is -1.39. The topological polar surface area (TPSA) is 38.8 Å². The van der Waals surface area contributed by atoms with E-state index in [1.54, 1.807) is 5.06 Å². The summed E-state index contributed by atoms with van der Waals surface area (Å²) in [6, 6.07) is 8.03. The molecule has 2 saturated heterocycles. The van der Waals surface area contributed by atoms with Crippen LogP contribution in [-0.4, -0.2) is 29.8 Å². The van der Waals surface area contributed by atoms with Crippen molar-refractivity contribution in [3.8, 4) is 0 Å². The lowest BCUT2D eigenvalue weighted by Gasteiger charge is -2.18. The van der Waals surface area contributed by atoms with Gasteiger partial charge in [-0.05, 0) is 19.4 Å². The molecule has 0 bridgehead atoms. The van der Waals surface area contributed by atoms with Crippen LogP contribution in [-0.2, 0) is 20.9 Å². The molecular formula is C14H17NO3. The van der Waals surface area contributed by atoms with Crippen LogP contribution in [0.15, 0.2) is 24.3 Å². The molecule has 0 N–H and O–H groups in total. The van der Waals surface area contributed by atoms with E-state index in [9.17, 15) is 4.79 Å². The number of hydrogen-bond acceptors (Lipinski definition) is 4. The minimum Gasteiger partial charge on any atom is -0.461 e. The third kappa shape index (κ3) is 1.91. The number of benzene rings is 1. The molecular weight excluding hydrogens is 230 g/mol. The lowest BCUT2D eigenvalue weighted by Crippen LogP contribution is -2.35. The third-order valence-corrected chi connectivity index (χ3v) is 3.75. The first-order valence-electron chi connectivity index (χ1n) is 6.31. The molecule has 0 radical (unpaired) electrons. The van der Waals surface area contributed by atoms with E-state index in [4.69, 9.17) is 9.57 Å². The highest BCUT2D eigenvalue weighted by Gasteiger charge is 2.51. The summed E-state index contributed by atoms with van der Waals surface area (Å²) in [6.07, 6.45) is -0.0366. The first kappa shape index (κ1) is 11.7. The molecule has 4 heteroatoms. The number of cyclic esters (lactones) is 1. The van der Waals surface area contributed by atoms with E-state index in [0.717, 1.165) is 5.56 Å². The monoisotopic (exact) mass is 247 g/mol. The fraction of sp³-hybridized carbons (Fsp3) is 0.500. The van der Waals surface area contributed by atoms with Crippen LogP contribution in [0.3, 0.4) is 0 Å². The van der Waals surface area contributed by atoms with Crippen LogP contribution in [0, 0.1) is 12.8 Å². The summed E-state index contributed by atoms with van der Waals surface area (Å²) in [5.41, 5.74) is 2.38. The van der Waals surface area contributed by atoms with Crippen molar-refractivity contribution in [2.45, 2.75) is 32.5 Å². The minimum absolute atomic E-state index is 0.0366. The van der Waals surface area contributed by atoms with Crippen molar-refractivity contribution in [3.05, 3.63) is 35.4 Å². The first-order valence-corrected chi connectivity index (χ1v) is 6.31. The maximum Gasteiger partial charge on any atom is 0.326 e. The molecule has 3 rings (SSSR count). The summed E-state index contributed by atoms with van der Waals surface area (Å²) in [7, 11) is 0. The molecule has 0 amide bonds. The van der Waals surface area contributed by atoms with Gasteiger partial charge in [0, 0.05) is 5.92 Å². The highest BCUT2D eigenvalue weighted by Crippen LogP contribution is 2.33. The summed E-state index contributed by atoms with van der Waals surface area (Å²) in [5.74, 6) is 0.0139. The molecule has 2 aliphatic heterocycles. The second-order valence-electron chi connectivity index (χ2n) is 5.11. The molecule has 0 spiro atoms. The van der Waals surface area contributed by atoms with E-state index in [1.807, 2.05) is 6.92 Å². The zero-order valence-corrected chi connectivity index (χ0v) is 10.6. The van der Waals surface area contributed by atoms with E-state index in [2.05, 4.69) is 31.2 Å². The standard InChI is InChI=1S/C14H17NO3/c1-9-3-5-11(6-4-9)7-15-13-12(8-17-15)10(2)18-14(13)16/h3-6,10,12-13H,7-8H2,1-2H3. The van der Waals surface area contributed by atoms with Crippen LogP contribution in [0.25, 0.3) is 0 Å². The van der Waals surface area contributed by atoms with Gasteiger partial charge in [0.25, 0.3) is 0 Å². The van der Waals surface area contributed by atoms with Crippen molar-refractivity contribution in [1.29, 1.82) is 0 Å². The SMILES string of the molecule is Cc1ccc(CN2OCC3C(C)OC(=O)C32)cc1. The van der Waals surface area contributed by atoms with Gasteiger partial charge >= 0.3 is 5.97 Å². The summed E-state index contributed by atoms with van der Waals surface area (Å²) in [4.78, 5) is 17.4. The normalized spacial score (nSPS) is 31.4. The predicted molar refractivity (Wildman–Crippen MR) is 65.5 cm³/mol. The van der Waals surface area contributed by atoms with Gasteiger partial charge in [0.1, 0.15) is 12.1 Å². The first-order chi connectivity index (χ1) is 8.65. The molecule has 0 aromatic heterocycles. The molecule has 0 aliphatic carbocycles. The Balaban J connectivity index is 1.74. The molecule has 96 valence electrons. The Labute approximate surface area is 106 Å². The van der Waals surface area contributed by atoms with Gasteiger partial charge in [0.15, 0.2) is 0 Å². The van der Waals surface area contributed by atoms with Crippen LogP contribution >= 0.6 is 0 Å². The molecule has 18 heavy (non-hydrogen) atoms. The summed E-state index contributed by atoms with van der Waals surface area (Å²) in [5, 5.41) is 1.77. The van der Waals surface area contributed by atoms with Gasteiger partial charge in [-0.2, -0.15) is 5.06 Å². The zero-order chi connectivity index (χ0) is 12.7. The Morgan fingerprint density at radius 3 is 2.78 bits per heavy atom. The molecule has 3 unspecified atom stereocenters. The van der Waals surface area contributed by atoms with Gasteiger partial charge in [-0.1, -0.05) is 29.8 Å². The average Bonchev–Trinajstić information content (AvgIpc) is 2.86. The van der Waals surface area contributed by atoms with Gasteiger partial charge in [-0.15, -0.1) is 0 Å². The van der Waals surface area contributed by atoms with E-state index >= 15 is 0 Å². The lowest BCUT2D eigenvalue weighted by atomic mass is 9.99. The van der Waals surface area contributed by atoms with Crippen LogP contribution in [0.1, 0.15) is 18.1 Å². The molecule has 1 aromatic rings. The average molecular weight is 247 g/mol. The predicted octanol–water partition coefficient (Wildman–Crippen LogP) is 1.67. The number of rotatable bonds is 2. The smallest absolute Gasteiger partial charge is 0.326 e. The van der Waals surface area contributed by atoms with Gasteiger partial charge in [-0.3, -0.25) is 9.63 Å². The third-order valence-electron chi connectivity index (χ3n) is 3.75. The maximum absolute atomic E-state index is 11.8. The van der Waals surface area contributed by atoms with Crippen molar-refractivity contribution in [2.75, 3.05) is 6.61 Å². The Kier molecular flexibility index (Phi) is 2.84. The van der Waals surface area contributed by atoms with E-state index in [1.165, 1.54) is 5.56 Å². The Morgan fingerprint density at radius 1 is 1.33 bits per heavy atom. The van der Waals surface area contributed by atoms with E-state index in [0.29, 0.717) is 13.2 Å². The number of nitrogens with zero attached hydrogens (tertiary/aromatic N) is 1. The number of carbonyl (C=O) groups excluding carboxylic acids is 1.